The molecule has 0 heterocycles. The Kier molecular flexibility index (Phi) is 4.67. The van der Waals surface area contributed by atoms with Gasteiger partial charge in [0.05, 0.1) is 0 Å². The summed E-state index contributed by atoms with van der Waals surface area (Å²) in [6.45, 7) is 7.18. The lowest BCUT2D eigenvalue weighted by atomic mass is 9.93. The molecular formula is C12H27P3. The molecule has 15 heavy (non-hydrogen) atoms. The Balaban J connectivity index is 2.74. The summed E-state index contributed by atoms with van der Waals surface area (Å²) >= 11 is 0. The highest BCUT2D eigenvalue weighted by molar-refractivity contribution is 7.19. The molecule has 1 fully saturated rings. The van der Waals surface area contributed by atoms with E-state index in [4.69, 9.17) is 0 Å². The van der Waals surface area contributed by atoms with E-state index in [9.17, 15) is 0 Å². The number of hydrogen-bond donors (Lipinski definition) is 0. The maximum Gasteiger partial charge on any atom is -0.0178 e. The van der Waals surface area contributed by atoms with Gasteiger partial charge in [0, 0.05) is 0 Å². The van der Waals surface area contributed by atoms with Gasteiger partial charge < -0.3 is 0 Å². The standard InChI is InChI=1S/C12H27P3/c1-10(13)4-6-11(2,14)8-9-12(3,15)7-5-10/h4-9,13-15H2,1-3H3. The fraction of sp³-hybridized carbons (Fsp3) is 1.00. The van der Waals surface area contributed by atoms with Gasteiger partial charge in [-0.05, 0) is 54.0 Å². The van der Waals surface area contributed by atoms with Crippen LogP contribution in [0.5, 0.6) is 0 Å². The monoisotopic (exact) mass is 264 g/mol. The minimum absolute atomic E-state index is 0.444. The Morgan fingerprint density at radius 1 is 0.533 bits per heavy atom. The van der Waals surface area contributed by atoms with E-state index >= 15 is 0 Å². The predicted octanol–water partition coefficient (Wildman–Crippen LogP) is 4.24. The predicted molar refractivity (Wildman–Crippen MR) is 82.0 cm³/mol. The Morgan fingerprint density at radius 3 is 0.800 bits per heavy atom. The third kappa shape index (κ3) is 5.44. The van der Waals surface area contributed by atoms with Crippen LogP contribution in [0.4, 0.5) is 0 Å². The molecule has 0 radical (unpaired) electrons. The third-order valence-corrected chi connectivity index (χ3v) is 5.53. The lowest BCUT2D eigenvalue weighted by Crippen LogP contribution is -2.21. The molecule has 0 amide bonds. The van der Waals surface area contributed by atoms with Crippen molar-refractivity contribution in [1.29, 1.82) is 0 Å². The van der Waals surface area contributed by atoms with Gasteiger partial charge >= 0.3 is 0 Å². The molecule has 0 N–H and O–H groups in total. The minimum Gasteiger partial charge on any atom is -0.131 e. The van der Waals surface area contributed by atoms with Crippen LogP contribution in [0.1, 0.15) is 59.3 Å². The Bertz CT molecular complexity index is 163. The molecule has 1 rings (SSSR count). The van der Waals surface area contributed by atoms with E-state index in [-0.39, 0.29) is 0 Å². The smallest absolute Gasteiger partial charge is 0.0178 e. The third-order valence-electron chi connectivity index (χ3n) is 3.80. The van der Waals surface area contributed by atoms with Crippen molar-refractivity contribution >= 4 is 27.7 Å². The van der Waals surface area contributed by atoms with Gasteiger partial charge in [-0.3, -0.25) is 0 Å². The van der Waals surface area contributed by atoms with Crippen molar-refractivity contribution in [2.24, 2.45) is 0 Å². The van der Waals surface area contributed by atoms with Crippen LogP contribution in [0.25, 0.3) is 0 Å². The summed E-state index contributed by atoms with van der Waals surface area (Å²) in [5.74, 6) is 0. The van der Waals surface area contributed by atoms with Gasteiger partial charge in [-0.2, -0.15) is 0 Å². The maximum atomic E-state index is 3.08. The lowest BCUT2D eigenvalue weighted by molar-refractivity contribution is 0.470. The average Bonchev–Trinajstić information content (AvgIpc) is 2.12. The molecule has 0 aromatic carbocycles. The molecule has 3 heteroatoms. The SMILES string of the molecule is CC1(P)CCC(C)(P)CCC(C)(P)CC1. The second-order valence-corrected chi connectivity index (χ2v) is 10.6. The van der Waals surface area contributed by atoms with Gasteiger partial charge in [0.2, 0.25) is 0 Å². The van der Waals surface area contributed by atoms with E-state index in [1.54, 1.807) is 0 Å². The van der Waals surface area contributed by atoms with E-state index in [1.165, 1.54) is 38.5 Å². The summed E-state index contributed by atoms with van der Waals surface area (Å²) < 4.78 is 0. The molecule has 1 aliphatic carbocycles. The highest BCUT2D eigenvalue weighted by Crippen LogP contribution is 2.44. The van der Waals surface area contributed by atoms with Crippen LogP contribution in [0.2, 0.25) is 0 Å². The Hall–Kier alpha value is 1.29. The van der Waals surface area contributed by atoms with Gasteiger partial charge in [0.25, 0.3) is 0 Å². The van der Waals surface area contributed by atoms with Crippen LogP contribution in [-0.2, 0) is 0 Å². The van der Waals surface area contributed by atoms with Crippen molar-refractivity contribution < 1.29 is 0 Å². The first-order valence-electron chi connectivity index (χ1n) is 5.99. The van der Waals surface area contributed by atoms with Crippen molar-refractivity contribution in [3.8, 4) is 0 Å². The topological polar surface area (TPSA) is 0 Å². The second kappa shape index (κ2) is 4.88. The van der Waals surface area contributed by atoms with Gasteiger partial charge in [-0.25, -0.2) is 0 Å². The van der Waals surface area contributed by atoms with Crippen LogP contribution in [-0.4, -0.2) is 15.5 Å². The van der Waals surface area contributed by atoms with Crippen molar-refractivity contribution in [3.63, 3.8) is 0 Å². The molecule has 3 unspecified atom stereocenters. The highest BCUT2D eigenvalue weighted by Gasteiger charge is 2.31. The quantitative estimate of drug-likeness (QED) is 0.574. The zero-order chi connectivity index (χ0) is 11.7. The fourth-order valence-electron chi connectivity index (χ4n) is 2.09. The first kappa shape index (κ1) is 14.4. The van der Waals surface area contributed by atoms with E-state index in [1.807, 2.05) is 0 Å². The second-order valence-electron chi connectivity index (χ2n) is 6.46. The highest BCUT2D eigenvalue weighted by atomic mass is 31.0. The van der Waals surface area contributed by atoms with E-state index in [0.29, 0.717) is 15.5 Å². The van der Waals surface area contributed by atoms with Crippen molar-refractivity contribution in [2.75, 3.05) is 0 Å². The Morgan fingerprint density at radius 2 is 0.667 bits per heavy atom. The van der Waals surface area contributed by atoms with Gasteiger partial charge in [-0.1, -0.05) is 20.8 Å². The summed E-state index contributed by atoms with van der Waals surface area (Å²) in [5, 5.41) is 1.33. The summed E-state index contributed by atoms with van der Waals surface area (Å²) in [4.78, 5) is 0. The molecule has 0 aliphatic heterocycles. The lowest BCUT2D eigenvalue weighted by Gasteiger charge is -2.29. The van der Waals surface area contributed by atoms with Crippen LogP contribution < -0.4 is 0 Å². The van der Waals surface area contributed by atoms with Crippen LogP contribution in [0.15, 0.2) is 0 Å². The molecular weight excluding hydrogens is 237 g/mol. The van der Waals surface area contributed by atoms with Crippen molar-refractivity contribution in [2.45, 2.75) is 74.8 Å². The minimum atomic E-state index is 0.444. The summed E-state index contributed by atoms with van der Waals surface area (Å²) in [5.41, 5.74) is 0. The molecule has 90 valence electrons. The van der Waals surface area contributed by atoms with Crippen molar-refractivity contribution in [3.05, 3.63) is 0 Å². The van der Waals surface area contributed by atoms with E-state index in [2.05, 4.69) is 48.5 Å². The molecule has 1 aliphatic rings. The zero-order valence-electron chi connectivity index (χ0n) is 10.5. The molecule has 0 saturated heterocycles. The molecule has 1 saturated carbocycles. The normalized spacial score (nSPS) is 49.2. The molecule has 0 bridgehead atoms. The van der Waals surface area contributed by atoms with Gasteiger partial charge in [0.1, 0.15) is 0 Å². The first-order valence-corrected chi connectivity index (χ1v) is 7.72. The largest absolute Gasteiger partial charge is 0.131 e. The molecule has 0 aromatic heterocycles. The molecule has 0 aromatic rings. The van der Waals surface area contributed by atoms with Crippen LogP contribution in [0.3, 0.4) is 0 Å². The Labute approximate surface area is 103 Å². The number of rotatable bonds is 0. The van der Waals surface area contributed by atoms with Gasteiger partial charge in [-0.15, -0.1) is 27.7 Å². The summed E-state index contributed by atoms with van der Waals surface area (Å²) in [6, 6.07) is 0. The molecule has 3 atom stereocenters. The summed E-state index contributed by atoms with van der Waals surface area (Å²) in [7, 11) is 9.25. The van der Waals surface area contributed by atoms with E-state index in [0.717, 1.165) is 0 Å². The first-order chi connectivity index (χ1) is 6.62. The van der Waals surface area contributed by atoms with Gasteiger partial charge in [0.15, 0.2) is 0 Å². The average molecular weight is 264 g/mol. The van der Waals surface area contributed by atoms with E-state index < -0.39 is 0 Å². The fourth-order valence-corrected chi connectivity index (χ4v) is 2.95. The summed E-state index contributed by atoms with van der Waals surface area (Å²) in [6.07, 6.45) is 7.99. The van der Waals surface area contributed by atoms with Crippen LogP contribution in [0, 0.1) is 0 Å². The molecule has 0 spiro atoms. The molecule has 0 nitrogen and oxygen atoms in total. The zero-order valence-corrected chi connectivity index (χ0v) is 13.9. The number of hydrogen-bond acceptors (Lipinski definition) is 0. The van der Waals surface area contributed by atoms with Crippen molar-refractivity contribution in [1.82, 2.24) is 0 Å². The maximum absolute atomic E-state index is 3.08. The van der Waals surface area contributed by atoms with Crippen LogP contribution >= 0.6 is 27.7 Å².